The first kappa shape index (κ1) is 36.1. The number of nitrogens with zero attached hydrogens (tertiary/aromatic N) is 4. The van der Waals surface area contributed by atoms with Gasteiger partial charge in [-0.05, 0) is 86.1 Å². The van der Waals surface area contributed by atoms with E-state index in [-0.39, 0.29) is 148 Å². The molecule has 0 saturated carbocycles. The first-order valence-corrected chi connectivity index (χ1v) is 13.2. The van der Waals surface area contributed by atoms with Crippen molar-refractivity contribution in [1.29, 1.82) is 10.5 Å². The van der Waals surface area contributed by atoms with Gasteiger partial charge >= 0.3 is 103 Å². The van der Waals surface area contributed by atoms with Crippen molar-refractivity contribution in [2.45, 2.75) is 61.2 Å². The molecule has 0 amide bonds. The Morgan fingerprint density at radius 3 is 1.33 bits per heavy atom. The molecule has 0 aromatic heterocycles. The minimum Gasteiger partial charge on any atom is -0.744 e. The molecule has 14 heteroatoms. The van der Waals surface area contributed by atoms with Crippen molar-refractivity contribution in [1.82, 2.24) is 0 Å². The molecule has 2 aromatic rings. The van der Waals surface area contributed by atoms with E-state index in [0.717, 1.165) is 12.1 Å². The normalized spacial score (nSPS) is 11.2. The van der Waals surface area contributed by atoms with Gasteiger partial charge in [0, 0.05) is 12.8 Å². The van der Waals surface area contributed by atoms with E-state index in [1.165, 1.54) is 24.3 Å². The van der Waals surface area contributed by atoms with Gasteiger partial charge in [-0.3, -0.25) is 0 Å². The molecule has 10 nitrogen and oxygen atoms in total. The predicted octanol–water partition coefficient (Wildman–Crippen LogP) is -1.61. The van der Waals surface area contributed by atoms with Gasteiger partial charge in [-0.2, -0.15) is 20.8 Å². The maximum absolute atomic E-state index is 11.6. The fourth-order valence-corrected chi connectivity index (χ4v) is 4.72. The number of nitriles is 2. The van der Waals surface area contributed by atoms with Crippen LogP contribution in [0.2, 0.25) is 0 Å². The quantitative estimate of drug-likeness (QED) is 0.124. The van der Waals surface area contributed by atoms with Crippen molar-refractivity contribution in [2.24, 2.45) is 10.2 Å². The maximum atomic E-state index is 11.6. The minimum atomic E-state index is -4.69. The van der Waals surface area contributed by atoms with Crippen LogP contribution in [-0.2, 0) is 33.1 Å². The summed E-state index contributed by atoms with van der Waals surface area (Å²) in [6.45, 7) is 0. The predicted molar refractivity (Wildman–Crippen MR) is 119 cm³/mol. The van der Waals surface area contributed by atoms with E-state index in [2.05, 4.69) is 10.2 Å². The molecule has 0 aliphatic carbocycles. The van der Waals surface area contributed by atoms with E-state index in [1.807, 2.05) is 12.1 Å². The summed E-state index contributed by atoms with van der Waals surface area (Å²) in [7, 11) is -9.38. The molecule has 0 spiro atoms. The summed E-state index contributed by atoms with van der Waals surface area (Å²) >= 11 is 0. The van der Waals surface area contributed by atoms with Crippen molar-refractivity contribution in [3.8, 4) is 12.1 Å². The molecule has 0 heterocycles. The number of hydrogen-bond donors (Lipinski definition) is 0. The molecular weight excluding hydrogens is 559 g/mol. The van der Waals surface area contributed by atoms with E-state index in [9.17, 15) is 25.9 Å². The van der Waals surface area contributed by atoms with Crippen LogP contribution in [0.25, 0.3) is 0 Å². The largest absolute Gasteiger partial charge is 1.00 e. The molecule has 0 bridgehead atoms. The molecule has 0 atom stereocenters. The van der Waals surface area contributed by atoms with Gasteiger partial charge < -0.3 is 9.11 Å². The Morgan fingerprint density at radius 2 is 1.03 bits per heavy atom. The van der Waals surface area contributed by atoms with Gasteiger partial charge in [0.15, 0.2) is 0 Å². The van der Waals surface area contributed by atoms with Crippen molar-refractivity contribution in [2.75, 3.05) is 0 Å². The molecule has 0 N–H and O–H groups in total. The van der Waals surface area contributed by atoms with E-state index < -0.39 is 20.2 Å². The molecule has 2 aromatic carbocycles. The summed E-state index contributed by atoms with van der Waals surface area (Å²) in [6, 6.07) is 11.8. The number of hydrogen-bond acceptors (Lipinski definition) is 10. The van der Waals surface area contributed by atoms with Crippen LogP contribution in [0.15, 0.2) is 56.4 Å². The third-order valence-corrected chi connectivity index (χ3v) is 6.75. The summed E-state index contributed by atoms with van der Waals surface area (Å²) in [4.78, 5) is -0.707. The Bertz CT molecular complexity index is 1250. The maximum Gasteiger partial charge on any atom is 1.00 e. The molecule has 0 radical (unpaired) electrons. The van der Waals surface area contributed by atoms with Gasteiger partial charge in [0.05, 0.1) is 33.3 Å². The monoisotopic (exact) mass is 580 g/mol. The average molecular weight is 581 g/mol. The molecule has 36 heavy (non-hydrogen) atoms. The molecular formula is C22H22K2N4O6S2. The van der Waals surface area contributed by atoms with Gasteiger partial charge in [0.2, 0.25) is 0 Å². The minimum absolute atomic E-state index is 0. The second kappa shape index (κ2) is 17.7. The number of benzene rings is 2. The average Bonchev–Trinajstić information content (AvgIpc) is 2.77. The summed E-state index contributed by atoms with van der Waals surface area (Å²) in [6.07, 6.45) is 3.28. The summed E-state index contributed by atoms with van der Waals surface area (Å²) < 4.78 is 69.3. The summed E-state index contributed by atoms with van der Waals surface area (Å²) in [5.74, 6) is 0. The summed E-state index contributed by atoms with van der Waals surface area (Å²) in [5, 5.41) is 25.4. The van der Waals surface area contributed by atoms with Crippen LogP contribution in [0.3, 0.4) is 0 Å². The van der Waals surface area contributed by atoms with E-state index in [4.69, 9.17) is 10.5 Å². The van der Waals surface area contributed by atoms with Crippen molar-refractivity contribution in [3.63, 3.8) is 0 Å². The second-order valence-electron chi connectivity index (χ2n) is 7.42. The van der Waals surface area contributed by atoms with Crippen LogP contribution >= 0.6 is 0 Å². The smallest absolute Gasteiger partial charge is 0.744 e. The van der Waals surface area contributed by atoms with E-state index in [1.54, 1.807) is 0 Å². The van der Waals surface area contributed by atoms with Gasteiger partial charge in [0.1, 0.15) is 20.2 Å². The molecule has 0 fully saturated rings. The van der Waals surface area contributed by atoms with Gasteiger partial charge in [-0.25, -0.2) is 16.8 Å². The zero-order valence-electron chi connectivity index (χ0n) is 20.2. The molecule has 0 aliphatic heterocycles. The fourth-order valence-electron chi connectivity index (χ4n) is 3.29. The van der Waals surface area contributed by atoms with Crippen LogP contribution in [-0.4, -0.2) is 25.9 Å². The third-order valence-electron chi connectivity index (χ3n) is 4.88. The SMILES string of the molecule is N#CCCCCc1cc(N=Nc2ccc(S(=O)(=O)[O-])c(CCCCC#N)c2)ccc1S(=O)(=O)[O-].[K+].[K+]. The van der Waals surface area contributed by atoms with Crippen molar-refractivity contribution in [3.05, 3.63) is 47.5 Å². The molecule has 2 rings (SSSR count). The van der Waals surface area contributed by atoms with Crippen LogP contribution in [0.4, 0.5) is 11.4 Å². The Labute approximate surface area is 296 Å². The van der Waals surface area contributed by atoms with E-state index >= 15 is 0 Å². The zero-order valence-corrected chi connectivity index (χ0v) is 28.1. The Hall–Kier alpha value is 0.113. The van der Waals surface area contributed by atoms with Crippen LogP contribution in [0, 0.1) is 22.7 Å². The Kier molecular flexibility index (Phi) is 17.7. The van der Waals surface area contributed by atoms with Gasteiger partial charge in [0.25, 0.3) is 0 Å². The standard InChI is InChI=1S/C22H24N4O6S2.2K/c23-13-5-1-3-7-17-15-19(9-11-21(17)33(27,28)29)25-26-20-10-12-22(34(30,31)32)18(16-20)8-4-2-6-14-24;;/h9-12,15-16H,1-8H2,(H,27,28,29)(H,30,31,32);;/q;2*+1/p-2. The van der Waals surface area contributed by atoms with E-state index in [0.29, 0.717) is 38.5 Å². The van der Waals surface area contributed by atoms with Crippen molar-refractivity contribution < 1.29 is 129 Å². The molecule has 180 valence electrons. The number of unbranched alkanes of at least 4 members (excludes halogenated alkanes) is 4. The topological polar surface area (TPSA) is 187 Å². The number of azo groups is 1. The summed E-state index contributed by atoms with van der Waals surface area (Å²) in [5.41, 5.74) is 1.10. The Balaban J connectivity index is 0.00000612. The Morgan fingerprint density at radius 1 is 0.667 bits per heavy atom. The number of rotatable bonds is 12. The molecule has 0 saturated heterocycles. The number of aryl methyl sites for hydroxylation is 2. The molecule has 0 aliphatic rings. The van der Waals surface area contributed by atoms with Gasteiger partial charge in [-0.15, -0.1) is 0 Å². The van der Waals surface area contributed by atoms with Crippen LogP contribution in [0.5, 0.6) is 0 Å². The molecule has 0 unspecified atom stereocenters. The van der Waals surface area contributed by atoms with Crippen LogP contribution in [0.1, 0.15) is 49.7 Å². The zero-order chi connectivity index (χ0) is 25.2. The van der Waals surface area contributed by atoms with Crippen molar-refractivity contribution >= 4 is 31.6 Å². The second-order valence-corrected chi connectivity index (χ2v) is 10.1. The van der Waals surface area contributed by atoms with Gasteiger partial charge in [-0.1, -0.05) is 0 Å². The van der Waals surface area contributed by atoms with Crippen LogP contribution < -0.4 is 103 Å². The first-order chi connectivity index (χ1) is 16.1. The first-order valence-electron chi connectivity index (χ1n) is 10.4. The fraction of sp³-hybridized carbons (Fsp3) is 0.364. The third kappa shape index (κ3) is 12.3.